The molecule has 0 atom stereocenters. The van der Waals surface area contributed by atoms with Crippen LogP contribution in [0.15, 0.2) is 0 Å². The van der Waals surface area contributed by atoms with Gasteiger partial charge in [0.15, 0.2) is 0 Å². The zero-order valence-electron chi connectivity index (χ0n) is 14.8. The number of carbonyl (C=O) groups excluding carboxylic acids is 1. The largest absolute Gasteiger partial charge is 0.466 e. The van der Waals surface area contributed by atoms with E-state index in [9.17, 15) is 4.79 Å². The molecule has 0 radical (unpaired) electrons. The van der Waals surface area contributed by atoms with Gasteiger partial charge in [-0.2, -0.15) is 0 Å². The lowest BCUT2D eigenvalue weighted by molar-refractivity contribution is -0.143. The highest BCUT2D eigenvalue weighted by molar-refractivity contribution is 5.69. The summed E-state index contributed by atoms with van der Waals surface area (Å²) in [5, 5.41) is 0. The lowest BCUT2D eigenvalue weighted by Gasteiger charge is -2.06. The minimum Gasteiger partial charge on any atom is -0.466 e. The van der Waals surface area contributed by atoms with Crippen molar-refractivity contribution in [1.29, 1.82) is 0 Å². The van der Waals surface area contributed by atoms with Gasteiger partial charge in [0.2, 0.25) is 0 Å². The fourth-order valence-electron chi connectivity index (χ4n) is 2.49. The van der Waals surface area contributed by atoms with E-state index in [-0.39, 0.29) is 5.97 Å². The highest BCUT2D eigenvalue weighted by Gasteiger charge is 2.02. The smallest absolute Gasteiger partial charge is 0.305 e. The van der Waals surface area contributed by atoms with Gasteiger partial charge in [-0.05, 0) is 18.8 Å². The Morgan fingerprint density at radius 2 is 1.38 bits per heavy atom. The molecule has 0 saturated heterocycles. The average molecular weight is 299 g/mol. The first-order valence-corrected chi connectivity index (χ1v) is 9.32. The molecule has 0 fully saturated rings. The number of esters is 1. The van der Waals surface area contributed by atoms with Gasteiger partial charge in [0.25, 0.3) is 0 Å². The Bertz CT molecular complexity index is 224. The molecule has 0 spiro atoms. The number of carbonyl (C=O) groups is 1. The van der Waals surface area contributed by atoms with Crippen LogP contribution < -0.4 is 0 Å². The van der Waals surface area contributed by atoms with Crippen LogP contribution in [0.5, 0.6) is 0 Å². The van der Waals surface area contributed by atoms with Gasteiger partial charge in [-0.1, -0.05) is 85.0 Å². The molecule has 0 unspecified atom stereocenters. The topological polar surface area (TPSA) is 26.3 Å². The monoisotopic (exact) mass is 298 g/mol. The molecule has 0 aromatic carbocycles. The molecule has 0 N–H and O–H groups in total. The van der Waals surface area contributed by atoms with Crippen molar-refractivity contribution in [2.75, 3.05) is 6.61 Å². The average Bonchev–Trinajstić information content (AvgIpc) is 2.45. The second kappa shape index (κ2) is 15.9. The quantitative estimate of drug-likeness (QED) is 0.263. The Morgan fingerprint density at radius 3 is 2.00 bits per heavy atom. The Labute approximate surface area is 133 Å². The molecular weight excluding hydrogens is 260 g/mol. The van der Waals surface area contributed by atoms with Crippen molar-refractivity contribution in [3.05, 3.63) is 0 Å². The first kappa shape index (κ1) is 20.5. The maximum absolute atomic E-state index is 11.5. The van der Waals surface area contributed by atoms with E-state index in [1.54, 1.807) is 0 Å². The predicted molar refractivity (Wildman–Crippen MR) is 91.5 cm³/mol. The van der Waals surface area contributed by atoms with E-state index in [4.69, 9.17) is 4.74 Å². The van der Waals surface area contributed by atoms with Crippen LogP contribution >= 0.6 is 0 Å². The van der Waals surface area contributed by atoms with Gasteiger partial charge in [-0.15, -0.1) is 0 Å². The van der Waals surface area contributed by atoms with E-state index in [2.05, 4.69) is 20.8 Å². The molecule has 126 valence electrons. The molecule has 0 rings (SSSR count). The maximum atomic E-state index is 11.5. The standard InChI is InChI=1S/C19H38O2/c1-4-5-6-7-8-9-10-14-17-21-19(20)16-13-11-12-15-18(2)3/h18H,4-17H2,1-3H3. The van der Waals surface area contributed by atoms with Gasteiger partial charge in [0.05, 0.1) is 6.61 Å². The summed E-state index contributed by atoms with van der Waals surface area (Å²) in [4.78, 5) is 11.5. The molecule has 0 aliphatic carbocycles. The molecule has 0 heterocycles. The minimum atomic E-state index is 0.00231. The SMILES string of the molecule is CCCCCCCCCCOC(=O)CCCCCC(C)C. The summed E-state index contributed by atoms with van der Waals surface area (Å²) < 4.78 is 5.28. The van der Waals surface area contributed by atoms with Crippen LogP contribution in [0.25, 0.3) is 0 Å². The summed E-state index contributed by atoms with van der Waals surface area (Å²) in [6.07, 6.45) is 15.6. The fraction of sp³-hybridized carbons (Fsp3) is 0.947. The summed E-state index contributed by atoms with van der Waals surface area (Å²) in [7, 11) is 0. The van der Waals surface area contributed by atoms with Crippen LogP contribution in [0, 0.1) is 5.92 Å². The van der Waals surface area contributed by atoms with Crippen molar-refractivity contribution < 1.29 is 9.53 Å². The molecule has 0 aromatic heterocycles. The van der Waals surface area contributed by atoms with E-state index in [1.807, 2.05) is 0 Å². The van der Waals surface area contributed by atoms with Gasteiger partial charge in [0, 0.05) is 6.42 Å². The van der Waals surface area contributed by atoms with E-state index in [0.717, 1.165) is 25.2 Å². The minimum absolute atomic E-state index is 0.00231. The molecular formula is C19H38O2. The van der Waals surface area contributed by atoms with Crippen LogP contribution in [0.3, 0.4) is 0 Å². The van der Waals surface area contributed by atoms with Gasteiger partial charge in [0.1, 0.15) is 0 Å². The Hall–Kier alpha value is -0.530. The van der Waals surface area contributed by atoms with Gasteiger partial charge >= 0.3 is 5.97 Å². The highest BCUT2D eigenvalue weighted by atomic mass is 16.5. The lowest BCUT2D eigenvalue weighted by atomic mass is 10.0. The molecule has 0 aromatic rings. The third kappa shape index (κ3) is 17.4. The first-order valence-electron chi connectivity index (χ1n) is 9.32. The molecule has 2 heteroatoms. The molecule has 0 amide bonds. The number of hydrogen-bond acceptors (Lipinski definition) is 2. The molecule has 0 saturated carbocycles. The Morgan fingerprint density at radius 1 is 0.810 bits per heavy atom. The summed E-state index contributed by atoms with van der Waals surface area (Å²) in [6.45, 7) is 7.37. The maximum Gasteiger partial charge on any atom is 0.305 e. The van der Waals surface area contributed by atoms with Crippen molar-refractivity contribution >= 4 is 5.97 Å². The van der Waals surface area contributed by atoms with Crippen LogP contribution in [-0.4, -0.2) is 12.6 Å². The van der Waals surface area contributed by atoms with Crippen molar-refractivity contribution in [2.24, 2.45) is 5.92 Å². The number of rotatable bonds is 15. The fourth-order valence-corrected chi connectivity index (χ4v) is 2.49. The number of ether oxygens (including phenoxy) is 1. The van der Waals surface area contributed by atoms with E-state index in [0.29, 0.717) is 13.0 Å². The first-order chi connectivity index (χ1) is 10.2. The van der Waals surface area contributed by atoms with Crippen LogP contribution in [0.2, 0.25) is 0 Å². The normalized spacial score (nSPS) is 11.0. The van der Waals surface area contributed by atoms with Gasteiger partial charge in [-0.25, -0.2) is 0 Å². The molecule has 0 bridgehead atoms. The predicted octanol–water partition coefficient (Wildman–Crippen LogP) is 6.28. The summed E-state index contributed by atoms with van der Waals surface area (Å²) >= 11 is 0. The summed E-state index contributed by atoms with van der Waals surface area (Å²) in [5.74, 6) is 0.779. The molecule has 0 aliphatic heterocycles. The molecule has 2 nitrogen and oxygen atoms in total. The summed E-state index contributed by atoms with van der Waals surface area (Å²) in [6, 6.07) is 0. The third-order valence-corrected chi connectivity index (χ3v) is 3.92. The zero-order chi connectivity index (χ0) is 15.8. The molecule has 0 aliphatic rings. The van der Waals surface area contributed by atoms with Crippen LogP contribution in [-0.2, 0) is 9.53 Å². The van der Waals surface area contributed by atoms with Crippen molar-refractivity contribution in [2.45, 2.75) is 104 Å². The van der Waals surface area contributed by atoms with E-state index in [1.165, 1.54) is 57.8 Å². The lowest BCUT2D eigenvalue weighted by Crippen LogP contribution is -2.05. The third-order valence-electron chi connectivity index (χ3n) is 3.92. The van der Waals surface area contributed by atoms with Gasteiger partial charge < -0.3 is 4.74 Å². The van der Waals surface area contributed by atoms with Crippen molar-refractivity contribution in [3.8, 4) is 0 Å². The van der Waals surface area contributed by atoms with Crippen LogP contribution in [0.1, 0.15) is 104 Å². The van der Waals surface area contributed by atoms with E-state index >= 15 is 0 Å². The van der Waals surface area contributed by atoms with E-state index < -0.39 is 0 Å². The second-order valence-electron chi connectivity index (χ2n) is 6.69. The summed E-state index contributed by atoms with van der Waals surface area (Å²) in [5.41, 5.74) is 0. The van der Waals surface area contributed by atoms with Crippen molar-refractivity contribution in [3.63, 3.8) is 0 Å². The highest BCUT2D eigenvalue weighted by Crippen LogP contribution is 2.11. The van der Waals surface area contributed by atoms with Crippen molar-refractivity contribution in [1.82, 2.24) is 0 Å². The molecule has 21 heavy (non-hydrogen) atoms. The number of hydrogen-bond donors (Lipinski definition) is 0. The number of unbranched alkanes of at least 4 members (excludes halogenated alkanes) is 9. The van der Waals surface area contributed by atoms with Crippen LogP contribution in [0.4, 0.5) is 0 Å². The van der Waals surface area contributed by atoms with Gasteiger partial charge in [-0.3, -0.25) is 4.79 Å². The Kier molecular flexibility index (Phi) is 15.5. The Balaban J connectivity index is 3.16. The second-order valence-corrected chi connectivity index (χ2v) is 6.69. The zero-order valence-corrected chi connectivity index (χ0v) is 14.8.